The number of nitrogen functional groups attached to an aromatic ring is 1. The second-order valence-corrected chi connectivity index (χ2v) is 3.70. The van der Waals surface area contributed by atoms with Crippen molar-refractivity contribution in [2.24, 2.45) is 0 Å². The highest BCUT2D eigenvalue weighted by Crippen LogP contribution is 2.20. The summed E-state index contributed by atoms with van der Waals surface area (Å²) in [5.41, 5.74) is 7.72. The van der Waals surface area contributed by atoms with Crippen molar-refractivity contribution in [1.82, 2.24) is 15.0 Å². The van der Waals surface area contributed by atoms with Gasteiger partial charge in [0.05, 0.1) is 5.52 Å². The number of rotatable bonds is 1. The Balaban J connectivity index is 2.27. The van der Waals surface area contributed by atoms with Crippen molar-refractivity contribution < 1.29 is 4.39 Å². The van der Waals surface area contributed by atoms with Gasteiger partial charge in [-0.25, -0.2) is 9.07 Å². The number of halogens is 1. The largest absolute Gasteiger partial charge is 0.399 e. The zero-order chi connectivity index (χ0) is 11.8. The molecule has 17 heavy (non-hydrogen) atoms. The highest BCUT2D eigenvalue weighted by atomic mass is 19.1. The number of anilines is 1. The predicted molar refractivity (Wildman–Crippen MR) is 63.2 cm³/mol. The maximum absolute atomic E-state index is 13.8. The summed E-state index contributed by atoms with van der Waals surface area (Å²) in [6, 6.07) is 11.9. The summed E-state index contributed by atoms with van der Waals surface area (Å²) in [5.74, 6) is -0.416. The lowest BCUT2D eigenvalue weighted by molar-refractivity contribution is 0.610. The van der Waals surface area contributed by atoms with Crippen LogP contribution in [0, 0.1) is 5.82 Å². The number of aromatic nitrogens is 3. The molecule has 0 aliphatic heterocycles. The van der Waals surface area contributed by atoms with Crippen LogP contribution in [0.1, 0.15) is 0 Å². The Morgan fingerprint density at radius 2 is 1.94 bits per heavy atom. The molecule has 0 saturated heterocycles. The number of benzene rings is 2. The van der Waals surface area contributed by atoms with Gasteiger partial charge in [0.1, 0.15) is 11.2 Å². The smallest absolute Gasteiger partial charge is 0.150 e. The third kappa shape index (κ3) is 1.52. The first kappa shape index (κ1) is 9.77. The lowest BCUT2D eigenvalue weighted by Crippen LogP contribution is -2.00. The zero-order valence-electron chi connectivity index (χ0n) is 8.84. The van der Waals surface area contributed by atoms with Crippen LogP contribution in [0.4, 0.5) is 10.1 Å². The van der Waals surface area contributed by atoms with Crippen molar-refractivity contribution in [2.45, 2.75) is 0 Å². The molecular weight excluding hydrogens is 219 g/mol. The third-order valence-electron chi connectivity index (χ3n) is 2.55. The summed E-state index contributed by atoms with van der Waals surface area (Å²) in [6.07, 6.45) is 0. The van der Waals surface area contributed by atoms with Crippen molar-refractivity contribution in [2.75, 3.05) is 5.73 Å². The van der Waals surface area contributed by atoms with Crippen LogP contribution in [0.15, 0.2) is 42.5 Å². The van der Waals surface area contributed by atoms with E-state index in [0.29, 0.717) is 11.4 Å². The van der Waals surface area contributed by atoms with E-state index in [1.807, 2.05) is 24.3 Å². The molecule has 4 nitrogen and oxygen atoms in total. The average molecular weight is 228 g/mol. The molecule has 5 heteroatoms. The van der Waals surface area contributed by atoms with Gasteiger partial charge in [-0.1, -0.05) is 17.3 Å². The molecule has 2 aromatic carbocycles. The number of nitrogens with two attached hydrogens (primary N) is 1. The van der Waals surface area contributed by atoms with Gasteiger partial charge in [0.2, 0.25) is 0 Å². The fourth-order valence-electron chi connectivity index (χ4n) is 1.74. The second kappa shape index (κ2) is 3.55. The van der Waals surface area contributed by atoms with E-state index in [1.54, 1.807) is 12.1 Å². The molecule has 0 bridgehead atoms. The summed E-state index contributed by atoms with van der Waals surface area (Å²) in [5, 5.41) is 7.92. The Morgan fingerprint density at radius 3 is 2.76 bits per heavy atom. The summed E-state index contributed by atoms with van der Waals surface area (Å²) >= 11 is 0. The zero-order valence-corrected chi connectivity index (χ0v) is 8.84. The van der Waals surface area contributed by atoms with Gasteiger partial charge in [0, 0.05) is 5.69 Å². The molecule has 0 spiro atoms. The summed E-state index contributed by atoms with van der Waals surface area (Å²) in [4.78, 5) is 0. The molecule has 1 aromatic heterocycles. The third-order valence-corrected chi connectivity index (χ3v) is 2.55. The normalized spacial score (nSPS) is 10.9. The standard InChI is InChI=1S/C12H9FN4/c13-9-7-8(14)5-6-11(9)17-12-4-2-1-3-10(12)15-16-17/h1-7H,14H2. The SMILES string of the molecule is Nc1ccc(-n2nnc3ccccc32)c(F)c1. The molecule has 0 fully saturated rings. The fraction of sp³-hybridized carbons (Fsp3) is 0. The van der Waals surface area contributed by atoms with Gasteiger partial charge in [-0.15, -0.1) is 5.10 Å². The van der Waals surface area contributed by atoms with Gasteiger partial charge < -0.3 is 5.73 Å². The molecular formula is C12H9FN4. The van der Waals surface area contributed by atoms with Crippen LogP contribution >= 0.6 is 0 Å². The van der Waals surface area contributed by atoms with Crippen molar-refractivity contribution in [3.8, 4) is 5.69 Å². The van der Waals surface area contributed by atoms with Crippen molar-refractivity contribution >= 4 is 16.7 Å². The molecule has 0 radical (unpaired) electrons. The Labute approximate surface area is 96.5 Å². The van der Waals surface area contributed by atoms with Crippen molar-refractivity contribution in [1.29, 1.82) is 0 Å². The average Bonchev–Trinajstić information content (AvgIpc) is 2.73. The first-order valence-corrected chi connectivity index (χ1v) is 5.11. The summed E-state index contributed by atoms with van der Waals surface area (Å²) in [7, 11) is 0. The van der Waals surface area contributed by atoms with E-state index < -0.39 is 5.82 Å². The molecule has 0 atom stereocenters. The monoisotopic (exact) mass is 228 g/mol. The molecule has 0 aliphatic carbocycles. The van der Waals surface area contributed by atoms with Crippen LogP contribution in [0.2, 0.25) is 0 Å². The lowest BCUT2D eigenvalue weighted by Gasteiger charge is -2.04. The van der Waals surface area contributed by atoms with Gasteiger partial charge >= 0.3 is 0 Å². The van der Waals surface area contributed by atoms with Gasteiger partial charge in [-0.3, -0.25) is 0 Å². The van der Waals surface area contributed by atoms with Crippen LogP contribution in [-0.2, 0) is 0 Å². The Morgan fingerprint density at radius 1 is 1.12 bits per heavy atom. The first-order chi connectivity index (χ1) is 8.25. The molecule has 2 N–H and O–H groups in total. The van der Waals surface area contributed by atoms with Gasteiger partial charge in [-0.05, 0) is 30.3 Å². The van der Waals surface area contributed by atoms with E-state index in [2.05, 4.69) is 10.3 Å². The topological polar surface area (TPSA) is 56.7 Å². The van der Waals surface area contributed by atoms with Gasteiger partial charge in [0.25, 0.3) is 0 Å². The predicted octanol–water partition coefficient (Wildman–Crippen LogP) is 2.14. The maximum Gasteiger partial charge on any atom is 0.150 e. The summed E-state index contributed by atoms with van der Waals surface area (Å²) < 4.78 is 15.2. The Kier molecular flexibility index (Phi) is 2.04. The van der Waals surface area contributed by atoms with E-state index in [0.717, 1.165) is 11.0 Å². The Hall–Kier alpha value is -2.43. The van der Waals surface area contributed by atoms with Crippen LogP contribution in [-0.4, -0.2) is 15.0 Å². The minimum absolute atomic E-state index is 0.341. The van der Waals surface area contributed by atoms with E-state index in [4.69, 9.17) is 5.73 Å². The first-order valence-electron chi connectivity index (χ1n) is 5.11. The molecule has 0 saturated carbocycles. The van der Waals surface area contributed by atoms with Crippen molar-refractivity contribution in [3.05, 3.63) is 48.3 Å². The fourth-order valence-corrected chi connectivity index (χ4v) is 1.74. The van der Waals surface area contributed by atoms with Crippen LogP contribution in [0.5, 0.6) is 0 Å². The van der Waals surface area contributed by atoms with Gasteiger partial charge in [0.15, 0.2) is 5.82 Å². The highest BCUT2D eigenvalue weighted by Gasteiger charge is 2.10. The molecule has 84 valence electrons. The number of hydrogen-bond acceptors (Lipinski definition) is 3. The van der Waals surface area contributed by atoms with Gasteiger partial charge in [-0.2, -0.15) is 0 Å². The minimum Gasteiger partial charge on any atom is -0.399 e. The molecule has 0 aliphatic rings. The summed E-state index contributed by atoms with van der Waals surface area (Å²) in [6.45, 7) is 0. The Bertz CT molecular complexity index is 690. The number of fused-ring (bicyclic) bond motifs is 1. The van der Waals surface area contributed by atoms with E-state index in [-0.39, 0.29) is 0 Å². The molecule has 3 aromatic rings. The maximum atomic E-state index is 13.8. The lowest BCUT2D eigenvalue weighted by atomic mass is 10.2. The molecule has 0 unspecified atom stereocenters. The number of para-hydroxylation sites is 1. The second-order valence-electron chi connectivity index (χ2n) is 3.70. The van der Waals surface area contributed by atoms with Crippen molar-refractivity contribution in [3.63, 3.8) is 0 Å². The van der Waals surface area contributed by atoms with Crippen LogP contribution in [0.3, 0.4) is 0 Å². The molecule has 3 rings (SSSR count). The molecule has 0 amide bonds. The number of nitrogens with zero attached hydrogens (tertiary/aromatic N) is 3. The number of hydrogen-bond donors (Lipinski definition) is 1. The van der Waals surface area contributed by atoms with E-state index in [1.165, 1.54) is 10.7 Å². The quantitative estimate of drug-likeness (QED) is 0.649. The van der Waals surface area contributed by atoms with Crippen LogP contribution in [0.25, 0.3) is 16.7 Å². The highest BCUT2D eigenvalue weighted by molar-refractivity contribution is 5.76. The van der Waals surface area contributed by atoms with E-state index in [9.17, 15) is 4.39 Å². The minimum atomic E-state index is -0.416. The van der Waals surface area contributed by atoms with E-state index >= 15 is 0 Å². The molecule has 1 heterocycles. The van der Waals surface area contributed by atoms with Crippen LogP contribution < -0.4 is 5.73 Å².